The molecule has 8 heteroatoms. The quantitative estimate of drug-likeness (QED) is 0.511. The van der Waals surface area contributed by atoms with Crippen molar-refractivity contribution in [2.24, 2.45) is 0 Å². The Bertz CT molecular complexity index is 1200. The van der Waals surface area contributed by atoms with Gasteiger partial charge in [0.05, 0.1) is 23.6 Å². The fraction of sp³-hybridized carbons (Fsp3) is 0.391. The third-order valence-corrected chi connectivity index (χ3v) is 6.10. The van der Waals surface area contributed by atoms with Gasteiger partial charge < -0.3 is 20.1 Å². The van der Waals surface area contributed by atoms with E-state index in [1.54, 1.807) is 0 Å². The first-order valence-electron chi connectivity index (χ1n) is 11.0. The Morgan fingerprint density at radius 3 is 2.84 bits per heavy atom. The maximum Gasteiger partial charge on any atom is 0.230 e. The Morgan fingerprint density at radius 2 is 2.06 bits per heavy atom. The van der Waals surface area contributed by atoms with Crippen molar-refractivity contribution >= 4 is 39.4 Å². The SMILES string of the molecule is CC[C@H](C)n1c2cnccc2c2cnc(Nc3ccc(N4CCN[C@@H](C)C4)cn3)nc21. The average molecular weight is 417 g/mol. The third-order valence-electron chi connectivity index (χ3n) is 6.10. The molecule has 0 unspecified atom stereocenters. The first-order chi connectivity index (χ1) is 15.1. The van der Waals surface area contributed by atoms with Gasteiger partial charge in [-0.15, -0.1) is 0 Å². The molecule has 5 rings (SSSR count). The topological polar surface area (TPSA) is 83.8 Å². The number of nitrogens with one attached hydrogen (secondary N) is 2. The molecule has 1 aliphatic heterocycles. The molecule has 0 radical (unpaired) electrons. The Balaban J connectivity index is 1.45. The van der Waals surface area contributed by atoms with Crippen LogP contribution in [0, 0.1) is 0 Å². The lowest BCUT2D eigenvalue weighted by Gasteiger charge is -2.33. The molecule has 0 bridgehead atoms. The van der Waals surface area contributed by atoms with Gasteiger partial charge >= 0.3 is 0 Å². The molecule has 160 valence electrons. The second-order valence-electron chi connectivity index (χ2n) is 8.28. The summed E-state index contributed by atoms with van der Waals surface area (Å²) in [6.45, 7) is 9.57. The molecule has 8 nitrogen and oxygen atoms in total. The summed E-state index contributed by atoms with van der Waals surface area (Å²) in [4.78, 5) is 20.7. The highest BCUT2D eigenvalue weighted by Crippen LogP contribution is 2.31. The zero-order valence-electron chi connectivity index (χ0n) is 18.2. The molecule has 5 heterocycles. The fourth-order valence-corrected chi connectivity index (χ4v) is 4.28. The van der Waals surface area contributed by atoms with Crippen molar-refractivity contribution in [1.82, 2.24) is 29.8 Å². The summed E-state index contributed by atoms with van der Waals surface area (Å²) in [7, 11) is 0. The van der Waals surface area contributed by atoms with E-state index < -0.39 is 0 Å². The first kappa shape index (κ1) is 19.7. The molecule has 0 amide bonds. The average Bonchev–Trinajstić information content (AvgIpc) is 3.13. The van der Waals surface area contributed by atoms with Crippen LogP contribution in [0.25, 0.3) is 21.9 Å². The van der Waals surface area contributed by atoms with Gasteiger partial charge in [-0.05, 0) is 38.5 Å². The minimum Gasteiger partial charge on any atom is -0.367 e. The molecule has 4 aromatic heterocycles. The molecule has 0 spiro atoms. The van der Waals surface area contributed by atoms with Gasteiger partial charge in [-0.2, -0.15) is 4.98 Å². The molecule has 0 saturated carbocycles. The second kappa shape index (κ2) is 8.11. The normalized spacial score (nSPS) is 17.9. The van der Waals surface area contributed by atoms with Crippen LogP contribution in [0.5, 0.6) is 0 Å². The maximum atomic E-state index is 4.85. The summed E-state index contributed by atoms with van der Waals surface area (Å²) in [5.74, 6) is 1.28. The number of piperazine rings is 1. The molecular formula is C23H28N8. The molecule has 1 fully saturated rings. The molecule has 1 saturated heterocycles. The van der Waals surface area contributed by atoms with Crippen molar-refractivity contribution in [3.8, 4) is 0 Å². The monoisotopic (exact) mass is 416 g/mol. The van der Waals surface area contributed by atoms with Crippen LogP contribution < -0.4 is 15.5 Å². The number of hydrogen-bond donors (Lipinski definition) is 2. The van der Waals surface area contributed by atoms with E-state index in [9.17, 15) is 0 Å². The molecular weight excluding hydrogens is 388 g/mol. The van der Waals surface area contributed by atoms with Crippen molar-refractivity contribution in [2.45, 2.75) is 39.3 Å². The van der Waals surface area contributed by atoms with Crippen LogP contribution in [0.3, 0.4) is 0 Å². The Morgan fingerprint density at radius 1 is 1.16 bits per heavy atom. The van der Waals surface area contributed by atoms with E-state index in [0.717, 1.165) is 59.5 Å². The van der Waals surface area contributed by atoms with Gasteiger partial charge in [0.15, 0.2) is 0 Å². The van der Waals surface area contributed by atoms with Gasteiger partial charge in [0, 0.05) is 54.9 Å². The van der Waals surface area contributed by atoms with E-state index >= 15 is 0 Å². The summed E-state index contributed by atoms with van der Waals surface area (Å²) < 4.78 is 2.26. The maximum absolute atomic E-state index is 4.85. The fourth-order valence-electron chi connectivity index (χ4n) is 4.28. The number of aromatic nitrogens is 5. The number of rotatable bonds is 5. The van der Waals surface area contributed by atoms with Gasteiger partial charge in [-0.1, -0.05) is 6.92 Å². The predicted molar refractivity (Wildman–Crippen MR) is 125 cm³/mol. The summed E-state index contributed by atoms with van der Waals surface area (Å²) in [5, 5.41) is 8.91. The van der Waals surface area contributed by atoms with Crippen LogP contribution in [0.1, 0.15) is 33.2 Å². The smallest absolute Gasteiger partial charge is 0.230 e. The van der Waals surface area contributed by atoms with Crippen molar-refractivity contribution < 1.29 is 0 Å². The standard InChI is InChI=1S/C23H28N8/c1-4-16(3)31-20-13-24-8-7-18(20)19-12-27-23(29-22(19)31)28-21-6-5-17(11-26-21)30-10-9-25-15(2)14-30/h5-8,11-13,15-16,25H,4,9-10,14H2,1-3H3,(H,26,27,28,29)/t15-,16-/m0/s1. The third kappa shape index (κ3) is 3.67. The molecule has 2 N–H and O–H groups in total. The first-order valence-corrected chi connectivity index (χ1v) is 11.0. The molecule has 2 atom stereocenters. The van der Waals surface area contributed by atoms with Crippen LogP contribution in [0.4, 0.5) is 17.5 Å². The van der Waals surface area contributed by atoms with Crippen LogP contribution in [-0.2, 0) is 0 Å². The summed E-state index contributed by atoms with van der Waals surface area (Å²) in [5.41, 5.74) is 3.15. The minimum atomic E-state index is 0.311. The van der Waals surface area contributed by atoms with E-state index in [-0.39, 0.29) is 0 Å². The Labute approximate surface area is 181 Å². The number of fused-ring (bicyclic) bond motifs is 3. The molecule has 0 aromatic carbocycles. The zero-order valence-corrected chi connectivity index (χ0v) is 18.2. The van der Waals surface area contributed by atoms with Gasteiger partial charge in [0.1, 0.15) is 11.5 Å². The highest BCUT2D eigenvalue weighted by Gasteiger charge is 2.18. The van der Waals surface area contributed by atoms with E-state index in [2.05, 4.69) is 61.9 Å². The molecule has 1 aliphatic rings. The largest absolute Gasteiger partial charge is 0.367 e. The van der Waals surface area contributed by atoms with E-state index in [4.69, 9.17) is 4.98 Å². The molecule has 4 aromatic rings. The molecule has 31 heavy (non-hydrogen) atoms. The number of hydrogen-bond acceptors (Lipinski definition) is 7. The zero-order chi connectivity index (χ0) is 21.4. The van der Waals surface area contributed by atoms with Gasteiger partial charge in [0.2, 0.25) is 5.95 Å². The summed E-state index contributed by atoms with van der Waals surface area (Å²) in [6.07, 6.45) is 8.55. The van der Waals surface area contributed by atoms with Crippen LogP contribution in [0.2, 0.25) is 0 Å². The number of anilines is 3. The number of nitrogens with zero attached hydrogens (tertiary/aromatic N) is 6. The highest BCUT2D eigenvalue weighted by atomic mass is 15.2. The van der Waals surface area contributed by atoms with Crippen molar-refractivity contribution in [1.29, 1.82) is 0 Å². The lowest BCUT2D eigenvalue weighted by Crippen LogP contribution is -2.49. The Kier molecular flexibility index (Phi) is 5.15. The lowest BCUT2D eigenvalue weighted by molar-refractivity contribution is 0.484. The summed E-state index contributed by atoms with van der Waals surface area (Å²) >= 11 is 0. The van der Waals surface area contributed by atoms with Crippen LogP contribution in [-0.4, -0.2) is 50.2 Å². The highest BCUT2D eigenvalue weighted by molar-refractivity contribution is 6.06. The Hall–Kier alpha value is -3.26. The van der Waals surface area contributed by atoms with E-state index in [1.165, 1.54) is 0 Å². The van der Waals surface area contributed by atoms with Gasteiger partial charge in [-0.3, -0.25) is 4.98 Å². The summed E-state index contributed by atoms with van der Waals surface area (Å²) in [6, 6.07) is 6.92. The van der Waals surface area contributed by atoms with Crippen LogP contribution >= 0.6 is 0 Å². The van der Waals surface area contributed by atoms with Crippen molar-refractivity contribution in [2.75, 3.05) is 29.9 Å². The van der Waals surface area contributed by atoms with Crippen LogP contribution in [0.15, 0.2) is 43.0 Å². The minimum absolute atomic E-state index is 0.311. The van der Waals surface area contributed by atoms with Gasteiger partial charge in [-0.25, -0.2) is 9.97 Å². The molecule has 0 aliphatic carbocycles. The van der Waals surface area contributed by atoms with E-state index in [0.29, 0.717) is 18.0 Å². The van der Waals surface area contributed by atoms with Crippen molar-refractivity contribution in [3.63, 3.8) is 0 Å². The lowest BCUT2D eigenvalue weighted by atomic mass is 10.2. The second-order valence-corrected chi connectivity index (χ2v) is 8.28. The number of pyridine rings is 2. The van der Waals surface area contributed by atoms with E-state index in [1.807, 2.05) is 36.9 Å². The van der Waals surface area contributed by atoms with Crippen molar-refractivity contribution in [3.05, 3.63) is 43.0 Å². The predicted octanol–water partition coefficient (Wildman–Crippen LogP) is 3.89. The van der Waals surface area contributed by atoms with Gasteiger partial charge in [0.25, 0.3) is 0 Å².